The zero-order valence-electron chi connectivity index (χ0n) is 9.96. The van der Waals surface area contributed by atoms with E-state index in [0.29, 0.717) is 18.1 Å². The molecule has 5 heteroatoms. The predicted molar refractivity (Wildman–Crippen MR) is 69.5 cm³/mol. The van der Waals surface area contributed by atoms with Crippen molar-refractivity contribution in [3.8, 4) is 23.3 Å². The summed E-state index contributed by atoms with van der Waals surface area (Å²) in [6.45, 7) is 0.547. The molecule has 0 spiro atoms. The van der Waals surface area contributed by atoms with E-state index in [2.05, 4.69) is 0 Å². The van der Waals surface area contributed by atoms with Crippen molar-refractivity contribution in [3.05, 3.63) is 47.5 Å². The SMILES string of the molecule is N#Cc1ccc(Oc2ccc3c(c2)CO[B]3)cc1O. The van der Waals surface area contributed by atoms with Crippen molar-refractivity contribution in [2.75, 3.05) is 0 Å². The molecule has 19 heavy (non-hydrogen) atoms. The molecule has 2 aromatic rings. The van der Waals surface area contributed by atoms with Crippen LogP contribution in [0.2, 0.25) is 0 Å². The number of phenolic OH excluding ortho intramolecular Hbond substituents is 1. The molecule has 0 atom stereocenters. The summed E-state index contributed by atoms with van der Waals surface area (Å²) in [6.07, 6.45) is 0. The highest BCUT2D eigenvalue weighted by atomic mass is 16.5. The minimum atomic E-state index is -0.0853. The van der Waals surface area contributed by atoms with Crippen LogP contribution in [0, 0.1) is 11.3 Å². The second-order valence-corrected chi connectivity index (χ2v) is 4.18. The number of benzene rings is 2. The van der Waals surface area contributed by atoms with Crippen molar-refractivity contribution >= 4 is 12.9 Å². The highest BCUT2D eigenvalue weighted by molar-refractivity contribution is 6.48. The fourth-order valence-electron chi connectivity index (χ4n) is 1.91. The Morgan fingerprint density at radius 3 is 2.79 bits per heavy atom. The highest BCUT2D eigenvalue weighted by Gasteiger charge is 2.14. The van der Waals surface area contributed by atoms with Gasteiger partial charge in [0, 0.05) is 6.07 Å². The molecule has 2 aromatic carbocycles. The topological polar surface area (TPSA) is 62.5 Å². The molecule has 1 aliphatic rings. The lowest BCUT2D eigenvalue weighted by atomic mass is 9.87. The Balaban J connectivity index is 1.85. The molecular weight excluding hydrogens is 241 g/mol. The maximum absolute atomic E-state index is 9.60. The minimum absolute atomic E-state index is 0.0853. The molecule has 0 unspecified atom stereocenters. The molecule has 1 aliphatic heterocycles. The standard InChI is InChI=1S/C14H9BNO3/c16-7-9-1-2-12(6-14(9)17)19-11-3-4-13-10(5-11)8-18-15-13/h1-6,17H,8H2. The van der Waals surface area contributed by atoms with Gasteiger partial charge in [-0.25, -0.2) is 0 Å². The molecule has 0 aliphatic carbocycles. The first-order valence-electron chi connectivity index (χ1n) is 5.75. The lowest BCUT2D eigenvalue weighted by molar-refractivity contribution is 0.344. The number of rotatable bonds is 2. The lowest BCUT2D eigenvalue weighted by Gasteiger charge is -2.08. The Morgan fingerprint density at radius 1 is 1.21 bits per heavy atom. The smallest absolute Gasteiger partial charge is 0.330 e. The second-order valence-electron chi connectivity index (χ2n) is 4.18. The zero-order valence-corrected chi connectivity index (χ0v) is 9.96. The van der Waals surface area contributed by atoms with E-state index >= 15 is 0 Å². The third-order valence-electron chi connectivity index (χ3n) is 2.89. The summed E-state index contributed by atoms with van der Waals surface area (Å²) in [4.78, 5) is 0. The fraction of sp³-hybridized carbons (Fsp3) is 0.0714. The quantitative estimate of drug-likeness (QED) is 0.826. The monoisotopic (exact) mass is 250 g/mol. The molecule has 1 heterocycles. The zero-order chi connectivity index (χ0) is 13.2. The van der Waals surface area contributed by atoms with Crippen LogP contribution in [0.25, 0.3) is 0 Å². The summed E-state index contributed by atoms with van der Waals surface area (Å²) < 4.78 is 10.9. The van der Waals surface area contributed by atoms with Gasteiger partial charge in [-0.2, -0.15) is 5.26 Å². The van der Waals surface area contributed by atoms with E-state index in [9.17, 15) is 5.11 Å². The third kappa shape index (κ3) is 2.26. The van der Waals surface area contributed by atoms with Gasteiger partial charge in [0.15, 0.2) is 0 Å². The fourth-order valence-corrected chi connectivity index (χ4v) is 1.91. The Bertz CT molecular complexity index is 670. The van der Waals surface area contributed by atoms with E-state index in [4.69, 9.17) is 14.7 Å². The van der Waals surface area contributed by atoms with Crippen LogP contribution in [0.5, 0.6) is 17.2 Å². The van der Waals surface area contributed by atoms with Crippen LogP contribution >= 0.6 is 0 Å². The van der Waals surface area contributed by atoms with Gasteiger partial charge in [-0.15, -0.1) is 0 Å². The molecular formula is C14H9BNO3. The van der Waals surface area contributed by atoms with Crippen LogP contribution in [0.15, 0.2) is 36.4 Å². The summed E-state index contributed by atoms with van der Waals surface area (Å²) in [6, 6.07) is 12.1. The molecule has 0 fully saturated rings. The van der Waals surface area contributed by atoms with Crippen LogP contribution in [0.3, 0.4) is 0 Å². The molecule has 0 amide bonds. The molecule has 0 bridgehead atoms. The van der Waals surface area contributed by atoms with Crippen molar-refractivity contribution in [1.82, 2.24) is 0 Å². The van der Waals surface area contributed by atoms with E-state index in [1.807, 2.05) is 24.3 Å². The van der Waals surface area contributed by atoms with Gasteiger partial charge in [-0.05, 0) is 35.3 Å². The Labute approximate surface area is 111 Å². The van der Waals surface area contributed by atoms with Crippen LogP contribution < -0.4 is 10.2 Å². The number of hydrogen-bond donors (Lipinski definition) is 1. The molecule has 0 saturated heterocycles. The number of fused-ring (bicyclic) bond motifs is 1. The van der Waals surface area contributed by atoms with Gasteiger partial charge in [0.05, 0.1) is 12.2 Å². The Hall–Kier alpha value is -2.45. The average Bonchev–Trinajstić information content (AvgIpc) is 2.86. The van der Waals surface area contributed by atoms with Crippen LogP contribution in [-0.2, 0) is 11.3 Å². The third-order valence-corrected chi connectivity index (χ3v) is 2.89. The van der Waals surface area contributed by atoms with Crippen molar-refractivity contribution in [1.29, 1.82) is 5.26 Å². The molecule has 0 aromatic heterocycles. The molecule has 1 radical (unpaired) electrons. The number of nitrogens with zero attached hydrogens (tertiary/aromatic N) is 1. The summed E-state index contributed by atoms with van der Waals surface area (Å²) in [5.41, 5.74) is 2.34. The molecule has 0 saturated carbocycles. The van der Waals surface area contributed by atoms with E-state index in [-0.39, 0.29) is 11.3 Å². The van der Waals surface area contributed by atoms with Crippen LogP contribution in [0.1, 0.15) is 11.1 Å². The van der Waals surface area contributed by atoms with Gasteiger partial charge in [-0.3, -0.25) is 0 Å². The van der Waals surface area contributed by atoms with Gasteiger partial charge in [-0.1, -0.05) is 6.07 Å². The van der Waals surface area contributed by atoms with E-state index in [1.165, 1.54) is 12.1 Å². The first kappa shape index (κ1) is 11.6. The number of hydrogen-bond acceptors (Lipinski definition) is 4. The van der Waals surface area contributed by atoms with Crippen molar-refractivity contribution < 1.29 is 14.5 Å². The average molecular weight is 250 g/mol. The summed E-state index contributed by atoms with van der Waals surface area (Å²) in [7, 11) is 1.71. The summed E-state index contributed by atoms with van der Waals surface area (Å²) >= 11 is 0. The van der Waals surface area contributed by atoms with Gasteiger partial charge < -0.3 is 14.5 Å². The molecule has 4 nitrogen and oxygen atoms in total. The van der Waals surface area contributed by atoms with E-state index in [1.54, 1.807) is 13.5 Å². The minimum Gasteiger partial charge on any atom is -0.506 e. The van der Waals surface area contributed by atoms with Gasteiger partial charge in [0.2, 0.25) is 0 Å². The summed E-state index contributed by atoms with van der Waals surface area (Å²) in [5, 5.41) is 18.3. The normalized spacial score (nSPS) is 12.4. The number of phenols is 1. The summed E-state index contributed by atoms with van der Waals surface area (Å²) in [5.74, 6) is 1.07. The number of ether oxygens (including phenoxy) is 1. The maximum atomic E-state index is 9.60. The van der Waals surface area contributed by atoms with Crippen molar-refractivity contribution in [2.45, 2.75) is 6.61 Å². The van der Waals surface area contributed by atoms with Crippen molar-refractivity contribution in [3.63, 3.8) is 0 Å². The largest absolute Gasteiger partial charge is 0.506 e. The van der Waals surface area contributed by atoms with Crippen LogP contribution in [0.4, 0.5) is 0 Å². The van der Waals surface area contributed by atoms with Gasteiger partial charge in [0.1, 0.15) is 23.3 Å². The number of nitriles is 1. The van der Waals surface area contributed by atoms with Gasteiger partial charge in [0.25, 0.3) is 0 Å². The predicted octanol–water partition coefficient (Wildman–Crippen LogP) is 1.83. The van der Waals surface area contributed by atoms with E-state index in [0.717, 1.165) is 11.0 Å². The first-order valence-corrected chi connectivity index (χ1v) is 5.75. The van der Waals surface area contributed by atoms with Gasteiger partial charge >= 0.3 is 7.48 Å². The first-order chi connectivity index (χ1) is 9.26. The highest BCUT2D eigenvalue weighted by Crippen LogP contribution is 2.27. The second kappa shape index (κ2) is 4.67. The number of aromatic hydroxyl groups is 1. The maximum Gasteiger partial charge on any atom is 0.330 e. The van der Waals surface area contributed by atoms with Crippen LogP contribution in [-0.4, -0.2) is 12.6 Å². The Kier molecular flexibility index (Phi) is 2.86. The lowest BCUT2D eigenvalue weighted by Crippen LogP contribution is -2.10. The molecule has 3 rings (SSSR count). The Morgan fingerprint density at radius 2 is 2.00 bits per heavy atom. The van der Waals surface area contributed by atoms with Crippen molar-refractivity contribution in [2.24, 2.45) is 0 Å². The van der Waals surface area contributed by atoms with E-state index < -0.39 is 0 Å². The molecule has 1 N–H and O–H groups in total. The molecule has 91 valence electrons.